The van der Waals surface area contributed by atoms with Gasteiger partial charge in [-0.1, -0.05) is 26.5 Å². The topological polar surface area (TPSA) is 61.8 Å². The van der Waals surface area contributed by atoms with E-state index in [0.29, 0.717) is 24.9 Å². The molecule has 0 aromatic carbocycles. The van der Waals surface area contributed by atoms with E-state index < -0.39 is 0 Å². The van der Waals surface area contributed by atoms with Gasteiger partial charge in [-0.3, -0.25) is 0 Å². The fourth-order valence-corrected chi connectivity index (χ4v) is 2.61. The number of rotatable bonds is 7. The van der Waals surface area contributed by atoms with Crippen LogP contribution in [0.2, 0.25) is 0 Å². The third kappa shape index (κ3) is 5.51. The molecule has 1 aliphatic heterocycles. The number of hydrogen-bond acceptors (Lipinski definition) is 4. The van der Waals surface area contributed by atoms with Gasteiger partial charge in [-0.05, 0) is 25.2 Å². The Labute approximate surface area is 122 Å². The van der Waals surface area contributed by atoms with Gasteiger partial charge in [0.1, 0.15) is 6.61 Å². The number of nitrogens with one attached hydrogen (secondary N) is 1. The van der Waals surface area contributed by atoms with E-state index in [2.05, 4.69) is 25.7 Å². The second kappa shape index (κ2) is 8.97. The number of aliphatic hydroxyl groups excluding tert-OH is 1. The van der Waals surface area contributed by atoms with Crippen LogP contribution < -0.4 is 5.32 Å². The molecule has 1 saturated heterocycles. The largest absolute Gasteiger partial charge is 0.445 e. The monoisotopic (exact) mass is 284 g/mol. The van der Waals surface area contributed by atoms with Crippen LogP contribution >= 0.6 is 0 Å². The molecule has 2 N–H and O–H groups in total. The van der Waals surface area contributed by atoms with Gasteiger partial charge in [0.2, 0.25) is 0 Å². The lowest BCUT2D eigenvalue weighted by Gasteiger charge is -2.40. The highest BCUT2D eigenvalue weighted by Crippen LogP contribution is 2.17. The van der Waals surface area contributed by atoms with Crippen LogP contribution in [0.1, 0.15) is 33.1 Å². The summed E-state index contributed by atoms with van der Waals surface area (Å²) in [6.07, 6.45) is 3.84. The molecule has 0 aliphatic carbocycles. The average molecular weight is 284 g/mol. The predicted molar refractivity (Wildman–Crippen MR) is 79.6 cm³/mol. The lowest BCUT2D eigenvalue weighted by molar-refractivity contribution is 0.0674. The molecule has 1 rings (SSSR count). The van der Waals surface area contributed by atoms with Gasteiger partial charge in [-0.25, -0.2) is 4.79 Å². The van der Waals surface area contributed by atoms with Gasteiger partial charge in [0, 0.05) is 31.8 Å². The van der Waals surface area contributed by atoms with E-state index in [4.69, 9.17) is 9.84 Å². The quantitative estimate of drug-likeness (QED) is 0.699. The molecule has 0 aromatic heterocycles. The first-order valence-corrected chi connectivity index (χ1v) is 7.47. The number of aliphatic hydroxyl groups is 1. The molecule has 5 nitrogen and oxygen atoms in total. The Morgan fingerprint density at radius 2 is 2.35 bits per heavy atom. The molecule has 0 bridgehead atoms. The predicted octanol–water partition coefficient (Wildman–Crippen LogP) is 1.77. The van der Waals surface area contributed by atoms with Gasteiger partial charge in [-0.15, -0.1) is 0 Å². The molecule has 5 heteroatoms. The number of carbonyl (C=O) groups is 1. The molecular formula is C15H28N2O3. The van der Waals surface area contributed by atoms with Crippen molar-refractivity contribution in [3.8, 4) is 0 Å². The van der Waals surface area contributed by atoms with Gasteiger partial charge >= 0.3 is 6.09 Å². The molecule has 116 valence electrons. The van der Waals surface area contributed by atoms with Crippen LogP contribution in [0, 0.1) is 5.92 Å². The van der Waals surface area contributed by atoms with E-state index >= 15 is 0 Å². The first-order valence-electron chi connectivity index (χ1n) is 7.47. The van der Waals surface area contributed by atoms with Crippen LogP contribution in [0.5, 0.6) is 0 Å². The Morgan fingerprint density at radius 3 is 2.95 bits per heavy atom. The first-order chi connectivity index (χ1) is 9.58. The smallest absolute Gasteiger partial charge is 0.410 e. The van der Waals surface area contributed by atoms with E-state index in [1.54, 1.807) is 6.08 Å². The second-order valence-electron chi connectivity index (χ2n) is 5.77. The van der Waals surface area contributed by atoms with Gasteiger partial charge in [0.25, 0.3) is 0 Å². The van der Waals surface area contributed by atoms with Gasteiger partial charge in [0.15, 0.2) is 0 Å². The van der Waals surface area contributed by atoms with Gasteiger partial charge in [0.05, 0.1) is 0 Å². The highest BCUT2D eigenvalue weighted by molar-refractivity contribution is 5.68. The number of piperazine rings is 1. The minimum atomic E-state index is -0.275. The second-order valence-corrected chi connectivity index (χ2v) is 5.77. The Bertz CT molecular complexity index is 307. The molecular weight excluding hydrogens is 256 g/mol. The zero-order chi connectivity index (χ0) is 15.0. The van der Waals surface area contributed by atoms with Gasteiger partial charge in [-0.2, -0.15) is 0 Å². The van der Waals surface area contributed by atoms with Crippen molar-refractivity contribution >= 4 is 6.09 Å². The molecule has 0 saturated carbocycles. The minimum Gasteiger partial charge on any atom is -0.445 e. The van der Waals surface area contributed by atoms with Gasteiger partial charge < -0.3 is 20.1 Å². The SMILES string of the molecule is C=CCOC(=O)N1C[C@@H](CC(C)C)NC[C@@H]1CCCO. The normalized spacial score (nSPS) is 22.9. The molecule has 20 heavy (non-hydrogen) atoms. The van der Waals surface area contributed by atoms with Crippen molar-refractivity contribution in [1.82, 2.24) is 10.2 Å². The van der Waals surface area contributed by atoms with Crippen molar-refractivity contribution in [2.45, 2.75) is 45.2 Å². The standard InChI is InChI=1S/C15H28N2O3/c1-4-8-20-15(19)17-11-13(9-12(2)3)16-10-14(17)6-5-7-18/h4,12-14,16,18H,1,5-11H2,2-3H3/t13-,14+/m1/s1. The lowest BCUT2D eigenvalue weighted by Crippen LogP contribution is -2.58. The molecule has 1 fully saturated rings. The zero-order valence-corrected chi connectivity index (χ0v) is 12.7. The van der Waals surface area contributed by atoms with Crippen molar-refractivity contribution in [3.63, 3.8) is 0 Å². The van der Waals surface area contributed by atoms with Crippen molar-refractivity contribution in [3.05, 3.63) is 12.7 Å². The van der Waals surface area contributed by atoms with Crippen LogP contribution in [0.3, 0.4) is 0 Å². The zero-order valence-electron chi connectivity index (χ0n) is 12.7. The molecule has 0 unspecified atom stereocenters. The summed E-state index contributed by atoms with van der Waals surface area (Å²) in [6.45, 7) is 9.75. The molecule has 2 atom stereocenters. The highest BCUT2D eigenvalue weighted by atomic mass is 16.6. The highest BCUT2D eigenvalue weighted by Gasteiger charge is 2.31. The van der Waals surface area contributed by atoms with Crippen molar-refractivity contribution in [1.29, 1.82) is 0 Å². The third-order valence-corrected chi connectivity index (χ3v) is 3.51. The minimum absolute atomic E-state index is 0.0999. The van der Waals surface area contributed by atoms with Crippen molar-refractivity contribution in [2.75, 3.05) is 26.3 Å². The summed E-state index contributed by atoms with van der Waals surface area (Å²) in [6, 6.07) is 0.416. The van der Waals surface area contributed by atoms with Crippen LogP contribution in [0.4, 0.5) is 4.79 Å². The van der Waals surface area contributed by atoms with E-state index in [1.165, 1.54) is 0 Å². The average Bonchev–Trinajstić information content (AvgIpc) is 2.42. The summed E-state index contributed by atoms with van der Waals surface area (Å²) in [5.74, 6) is 0.590. The van der Waals surface area contributed by atoms with E-state index in [9.17, 15) is 4.79 Å². The van der Waals surface area contributed by atoms with E-state index in [0.717, 1.165) is 19.4 Å². The number of carbonyl (C=O) groups excluding carboxylic acids is 1. The molecule has 1 amide bonds. The van der Waals surface area contributed by atoms with Crippen LogP contribution in [0.15, 0.2) is 12.7 Å². The summed E-state index contributed by atoms with van der Waals surface area (Å²) < 4.78 is 5.17. The lowest BCUT2D eigenvalue weighted by atomic mass is 9.98. The van der Waals surface area contributed by atoms with Crippen LogP contribution in [-0.4, -0.2) is 54.5 Å². The summed E-state index contributed by atoms with van der Waals surface area (Å²) >= 11 is 0. The van der Waals surface area contributed by atoms with E-state index in [1.807, 2.05) is 4.90 Å². The Morgan fingerprint density at radius 1 is 1.60 bits per heavy atom. The number of ether oxygens (including phenoxy) is 1. The maximum atomic E-state index is 12.1. The summed E-state index contributed by atoms with van der Waals surface area (Å²) in [5.41, 5.74) is 0. The fourth-order valence-electron chi connectivity index (χ4n) is 2.61. The Balaban J connectivity index is 2.61. The third-order valence-electron chi connectivity index (χ3n) is 3.51. The number of amides is 1. The number of nitrogens with zero attached hydrogens (tertiary/aromatic N) is 1. The van der Waals surface area contributed by atoms with Crippen LogP contribution in [-0.2, 0) is 4.74 Å². The van der Waals surface area contributed by atoms with Crippen molar-refractivity contribution in [2.24, 2.45) is 5.92 Å². The van der Waals surface area contributed by atoms with E-state index in [-0.39, 0.29) is 25.3 Å². The summed E-state index contributed by atoms with van der Waals surface area (Å²) in [4.78, 5) is 13.9. The fraction of sp³-hybridized carbons (Fsp3) is 0.800. The summed E-state index contributed by atoms with van der Waals surface area (Å²) in [7, 11) is 0. The Kier molecular flexibility index (Phi) is 7.62. The molecule has 1 aliphatic rings. The first kappa shape index (κ1) is 17.0. The maximum Gasteiger partial charge on any atom is 0.410 e. The summed E-state index contributed by atoms with van der Waals surface area (Å²) in [5, 5.41) is 12.5. The Hall–Kier alpha value is -1.07. The molecule has 1 heterocycles. The molecule has 0 radical (unpaired) electrons. The molecule has 0 spiro atoms. The van der Waals surface area contributed by atoms with Crippen molar-refractivity contribution < 1.29 is 14.6 Å². The number of hydrogen-bond donors (Lipinski definition) is 2. The van der Waals surface area contributed by atoms with Crippen LogP contribution in [0.25, 0.3) is 0 Å². The maximum absolute atomic E-state index is 12.1. The molecule has 0 aromatic rings.